The fraction of sp³-hybridized carbons (Fsp3) is 0.333. The molecule has 1 unspecified atom stereocenters. The van der Waals surface area contributed by atoms with E-state index in [0.29, 0.717) is 15.6 Å². The zero-order chi connectivity index (χ0) is 11.3. The second-order valence-electron chi connectivity index (χ2n) is 2.84. The summed E-state index contributed by atoms with van der Waals surface area (Å²) in [6, 6.07) is 4.60. The molecule has 0 spiro atoms. The molecule has 0 heterocycles. The minimum absolute atomic E-state index is 0.283. The average Bonchev–Trinajstić information content (AvgIpc) is 2.17. The van der Waals surface area contributed by atoms with Gasteiger partial charge in [-0.05, 0) is 23.2 Å². The number of azide groups is 1. The minimum Gasteiger partial charge on any atom is -0.384 e. The molecule has 0 amide bonds. The molecule has 0 N–H and O–H groups in total. The molecule has 1 rings (SSSR count). The largest absolute Gasteiger partial charge is 0.384 e. The van der Waals surface area contributed by atoms with Gasteiger partial charge in [0.25, 0.3) is 0 Å². The van der Waals surface area contributed by atoms with Crippen molar-refractivity contribution in [3.05, 3.63) is 44.3 Å². The lowest BCUT2D eigenvalue weighted by atomic mass is 10.1. The first kappa shape index (κ1) is 12.1. The fourth-order valence-electron chi connectivity index (χ4n) is 1.18. The van der Waals surface area contributed by atoms with E-state index in [1.165, 1.54) is 7.11 Å². The first-order valence-electron chi connectivity index (χ1n) is 4.17. The van der Waals surface area contributed by atoms with Crippen LogP contribution in [-0.2, 0) is 4.74 Å². The van der Waals surface area contributed by atoms with E-state index < -0.39 is 6.04 Å². The average molecular weight is 246 g/mol. The van der Waals surface area contributed by atoms with Crippen LogP contribution in [0.1, 0.15) is 11.6 Å². The second-order valence-corrected chi connectivity index (χ2v) is 3.69. The minimum atomic E-state index is -0.426. The highest BCUT2D eigenvalue weighted by atomic mass is 35.5. The van der Waals surface area contributed by atoms with Crippen LogP contribution in [0.25, 0.3) is 10.4 Å². The molecule has 0 bridgehead atoms. The predicted molar refractivity (Wildman–Crippen MR) is 60.2 cm³/mol. The van der Waals surface area contributed by atoms with Gasteiger partial charge < -0.3 is 4.74 Å². The monoisotopic (exact) mass is 245 g/mol. The van der Waals surface area contributed by atoms with E-state index in [9.17, 15) is 0 Å². The van der Waals surface area contributed by atoms with E-state index in [-0.39, 0.29) is 6.61 Å². The molecule has 0 saturated heterocycles. The maximum absolute atomic E-state index is 8.40. The summed E-state index contributed by atoms with van der Waals surface area (Å²) in [6.45, 7) is 0.283. The molecule has 6 heteroatoms. The Morgan fingerprint density at radius 1 is 1.53 bits per heavy atom. The van der Waals surface area contributed by atoms with Gasteiger partial charge in [0.05, 0.1) is 12.6 Å². The highest BCUT2D eigenvalue weighted by Crippen LogP contribution is 2.28. The maximum atomic E-state index is 8.40. The standard InChI is InChI=1S/C9H9Cl2N3O/c1-15-5-9(13-14-12)7-3-2-6(10)4-8(7)11/h2-4,9H,5H2,1H3. The Balaban J connectivity index is 3.05. The van der Waals surface area contributed by atoms with Gasteiger partial charge in [-0.1, -0.05) is 34.4 Å². The third-order valence-electron chi connectivity index (χ3n) is 1.84. The van der Waals surface area contributed by atoms with E-state index in [1.807, 2.05) is 0 Å². The van der Waals surface area contributed by atoms with Crippen LogP contribution in [0.2, 0.25) is 10.0 Å². The van der Waals surface area contributed by atoms with E-state index in [2.05, 4.69) is 10.0 Å². The number of hydrogen-bond acceptors (Lipinski definition) is 2. The van der Waals surface area contributed by atoms with Crippen LogP contribution in [0, 0.1) is 0 Å². The lowest BCUT2D eigenvalue weighted by Crippen LogP contribution is -2.03. The molecule has 1 aromatic carbocycles. The van der Waals surface area contributed by atoms with Crippen LogP contribution in [0.15, 0.2) is 23.3 Å². The first-order valence-corrected chi connectivity index (χ1v) is 4.92. The molecule has 0 saturated carbocycles. The number of halogens is 2. The van der Waals surface area contributed by atoms with Crippen molar-refractivity contribution in [2.75, 3.05) is 13.7 Å². The van der Waals surface area contributed by atoms with E-state index in [1.54, 1.807) is 18.2 Å². The van der Waals surface area contributed by atoms with E-state index in [4.69, 9.17) is 33.5 Å². The molecular formula is C9H9Cl2N3O. The summed E-state index contributed by atoms with van der Waals surface area (Å²) < 4.78 is 4.94. The molecule has 0 aliphatic carbocycles. The molecule has 0 aliphatic heterocycles. The van der Waals surface area contributed by atoms with Gasteiger partial charge in [0.15, 0.2) is 0 Å². The Labute approximate surface area is 97.4 Å². The lowest BCUT2D eigenvalue weighted by Gasteiger charge is -2.12. The smallest absolute Gasteiger partial charge is 0.0873 e. The van der Waals surface area contributed by atoms with Crippen molar-refractivity contribution in [1.82, 2.24) is 0 Å². The van der Waals surface area contributed by atoms with Crippen LogP contribution >= 0.6 is 23.2 Å². The van der Waals surface area contributed by atoms with Gasteiger partial charge in [-0.3, -0.25) is 0 Å². The highest BCUT2D eigenvalue weighted by molar-refractivity contribution is 6.35. The highest BCUT2D eigenvalue weighted by Gasteiger charge is 2.13. The summed E-state index contributed by atoms with van der Waals surface area (Å²) in [5, 5.41) is 4.61. The first-order chi connectivity index (χ1) is 7.19. The van der Waals surface area contributed by atoms with Gasteiger partial charge in [-0.2, -0.15) is 0 Å². The Hall–Kier alpha value is -0.930. The van der Waals surface area contributed by atoms with Crippen LogP contribution in [0.3, 0.4) is 0 Å². The van der Waals surface area contributed by atoms with Crippen LogP contribution in [0.5, 0.6) is 0 Å². The van der Waals surface area contributed by atoms with Crippen LogP contribution in [0.4, 0.5) is 0 Å². The number of benzene rings is 1. The molecule has 1 atom stereocenters. The summed E-state index contributed by atoms with van der Waals surface area (Å²) in [4.78, 5) is 2.75. The zero-order valence-electron chi connectivity index (χ0n) is 8.02. The van der Waals surface area contributed by atoms with E-state index >= 15 is 0 Å². The molecule has 0 aromatic heterocycles. The normalized spacial score (nSPS) is 11.9. The summed E-state index contributed by atoms with van der Waals surface area (Å²) >= 11 is 11.7. The van der Waals surface area contributed by atoms with Crippen molar-refractivity contribution in [3.63, 3.8) is 0 Å². The van der Waals surface area contributed by atoms with Crippen molar-refractivity contribution < 1.29 is 4.74 Å². The Morgan fingerprint density at radius 2 is 2.27 bits per heavy atom. The van der Waals surface area contributed by atoms with Crippen LogP contribution < -0.4 is 0 Å². The molecule has 1 aromatic rings. The number of methoxy groups -OCH3 is 1. The number of nitrogens with zero attached hydrogens (tertiary/aromatic N) is 3. The number of hydrogen-bond donors (Lipinski definition) is 0. The zero-order valence-corrected chi connectivity index (χ0v) is 9.53. The van der Waals surface area contributed by atoms with Crippen molar-refractivity contribution in [2.45, 2.75) is 6.04 Å². The van der Waals surface area contributed by atoms with Crippen molar-refractivity contribution in [1.29, 1.82) is 0 Å². The van der Waals surface area contributed by atoms with Gasteiger partial charge in [0.1, 0.15) is 0 Å². The Bertz CT molecular complexity index is 391. The molecule has 0 fully saturated rings. The lowest BCUT2D eigenvalue weighted by molar-refractivity contribution is 0.181. The van der Waals surface area contributed by atoms with Crippen molar-refractivity contribution >= 4 is 23.2 Å². The SMILES string of the molecule is COCC(N=[N+]=[N-])c1ccc(Cl)cc1Cl. The molecular weight excluding hydrogens is 237 g/mol. The summed E-state index contributed by atoms with van der Waals surface area (Å²) in [6.07, 6.45) is 0. The van der Waals surface area contributed by atoms with Crippen molar-refractivity contribution in [2.24, 2.45) is 5.11 Å². The Kier molecular flexibility index (Phi) is 4.72. The quantitative estimate of drug-likeness (QED) is 0.450. The molecule has 80 valence electrons. The summed E-state index contributed by atoms with van der Waals surface area (Å²) in [5.74, 6) is 0. The summed E-state index contributed by atoms with van der Waals surface area (Å²) in [7, 11) is 1.53. The predicted octanol–water partition coefficient (Wildman–Crippen LogP) is 3.99. The summed E-state index contributed by atoms with van der Waals surface area (Å²) in [5.41, 5.74) is 9.11. The van der Waals surface area contributed by atoms with Gasteiger partial charge in [0.2, 0.25) is 0 Å². The number of rotatable bonds is 4. The van der Waals surface area contributed by atoms with E-state index in [0.717, 1.165) is 0 Å². The molecule has 0 aliphatic rings. The van der Waals surface area contributed by atoms with Gasteiger partial charge >= 0.3 is 0 Å². The van der Waals surface area contributed by atoms with Crippen molar-refractivity contribution in [3.8, 4) is 0 Å². The maximum Gasteiger partial charge on any atom is 0.0873 e. The molecule has 0 radical (unpaired) electrons. The third-order valence-corrected chi connectivity index (χ3v) is 2.40. The second kappa shape index (κ2) is 5.83. The van der Waals surface area contributed by atoms with Gasteiger partial charge in [-0.15, -0.1) is 0 Å². The topological polar surface area (TPSA) is 58.0 Å². The molecule has 15 heavy (non-hydrogen) atoms. The third kappa shape index (κ3) is 3.29. The van der Waals surface area contributed by atoms with Gasteiger partial charge in [0, 0.05) is 22.1 Å². The van der Waals surface area contributed by atoms with Crippen LogP contribution in [-0.4, -0.2) is 13.7 Å². The Morgan fingerprint density at radius 3 is 2.80 bits per heavy atom. The fourth-order valence-corrected chi connectivity index (χ4v) is 1.71. The van der Waals surface area contributed by atoms with Gasteiger partial charge in [-0.25, -0.2) is 0 Å². The number of ether oxygens (including phenoxy) is 1. The molecule has 4 nitrogen and oxygen atoms in total.